The molecule has 0 spiro atoms. The molecule has 0 bridgehead atoms. The molecule has 0 aromatic heterocycles. The fraction of sp³-hybridized carbons (Fsp3) is 0.462. The number of hydrogen-bond donors (Lipinski definition) is 1. The Labute approximate surface area is 105 Å². The molecule has 1 unspecified atom stereocenters. The maximum absolute atomic E-state index is 13.7. The Kier molecular flexibility index (Phi) is 5.48. The molecule has 17 heavy (non-hydrogen) atoms. The van der Waals surface area contributed by atoms with E-state index in [2.05, 4.69) is 13.8 Å². The minimum atomic E-state index is -1.21. The summed E-state index contributed by atoms with van der Waals surface area (Å²) in [6.07, 6.45) is 1.10. The number of benzene rings is 1. The van der Waals surface area contributed by atoms with Crippen molar-refractivity contribution in [2.75, 3.05) is 5.75 Å². The van der Waals surface area contributed by atoms with Crippen LogP contribution < -0.4 is 0 Å². The molecule has 1 aromatic rings. The van der Waals surface area contributed by atoms with Crippen molar-refractivity contribution in [2.24, 2.45) is 5.92 Å². The van der Waals surface area contributed by atoms with Gasteiger partial charge in [-0.15, -0.1) is 0 Å². The SMILES string of the molecule is CCC(C)CSCc1cccc(C(=O)O)c1F. The second-order valence-corrected chi connectivity index (χ2v) is 5.14. The monoisotopic (exact) mass is 256 g/mol. The summed E-state index contributed by atoms with van der Waals surface area (Å²) in [5, 5.41) is 8.79. The van der Waals surface area contributed by atoms with Crippen molar-refractivity contribution in [3.63, 3.8) is 0 Å². The topological polar surface area (TPSA) is 37.3 Å². The van der Waals surface area contributed by atoms with E-state index in [0.29, 0.717) is 17.2 Å². The van der Waals surface area contributed by atoms with Crippen molar-refractivity contribution in [1.82, 2.24) is 0 Å². The van der Waals surface area contributed by atoms with Crippen molar-refractivity contribution in [3.8, 4) is 0 Å². The summed E-state index contributed by atoms with van der Waals surface area (Å²) < 4.78 is 13.7. The first kappa shape index (κ1) is 14.0. The van der Waals surface area contributed by atoms with Gasteiger partial charge in [-0.2, -0.15) is 11.8 Å². The largest absolute Gasteiger partial charge is 0.478 e. The van der Waals surface area contributed by atoms with Crippen LogP contribution in [0.2, 0.25) is 0 Å². The van der Waals surface area contributed by atoms with E-state index in [1.807, 2.05) is 0 Å². The molecule has 0 aliphatic rings. The molecular formula is C13H17FO2S. The fourth-order valence-corrected chi connectivity index (χ4v) is 2.54. The van der Waals surface area contributed by atoms with E-state index >= 15 is 0 Å². The molecular weight excluding hydrogens is 239 g/mol. The second-order valence-electron chi connectivity index (χ2n) is 4.11. The third kappa shape index (κ3) is 4.04. The smallest absolute Gasteiger partial charge is 0.338 e. The van der Waals surface area contributed by atoms with Gasteiger partial charge in [0.05, 0.1) is 5.56 Å². The summed E-state index contributed by atoms with van der Waals surface area (Å²) in [7, 11) is 0. The summed E-state index contributed by atoms with van der Waals surface area (Å²) in [5.41, 5.74) is 0.227. The van der Waals surface area contributed by atoms with E-state index < -0.39 is 11.8 Å². The van der Waals surface area contributed by atoms with Crippen LogP contribution in [0, 0.1) is 11.7 Å². The van der Waals surface area contributed by atoms with E-state index in [0.717, 1.165) is 12.2 Å². The Balaban J connectivity index is 2.66. The lowest BCUT2D eigenvalue weighted by Crippen LogP contribution is -2.03. The summed E-state index contributed by atoms with van der Waals surface area (Å²) in [5.74, 6) is 0.281. The molecule has 2 nitrogen and oxygen atoms in total. The highest BCUT2D eigenvalue weighted by atomic mass is 32.2. The molecule has 0 saturated heterocycles. The Morgan fingerprint density at radius 3 is 2.82 bits per heavy atom. The highest BCUT2D eigenvalue weighted by molar-refractivity contribution is 7.98. The van der Waals surface area contributed by atoms with Gasteiger partial charge in [-0.1, -0.05) is 32.4 Å². The van der Waals surface area contributed by atoms with Gasteiger partial charge in [0, 0.05) is 5.75 Å². The van der Waals surface area contributed by atoms with Crippen LogP contribution in [0.3, 0.4) is 0 Å². The normalized spacial score (nSPS) is 12.4. The number of carboxylic acids is 1. The van der Waals surface area contributed by atoms with E-state index in [1.165, 1.54) is 6.07 Å². The number of halogens is 1. The highest BCUT2D eigenvalue weighted by Crippen LogP contribution is 2.21. The zero-order valence-electron chi connectivity index (χ0n) is 10.1. The first-order chi connectivity index (χ1) is 8.06. The van der Waals surface area contributed by atoms with Crippen molar-refractivity contribution in [3.05, 3.63) is 35.1 Å². The first-order valence-corrected chi connectivity index (χ1v) is 6.80. The number of carbonyl (C=O) groups is 1. The number of carboxylic acid groups (broad SMARTS) is 1. The van der Waals surface area contributed by atoms with Gasteiger partial charge in [-0.3, -0.25) is 0 Å². The van der Waals surface area contributed by atoms with Crippen LogP contribution in [0.15, 0.2) is 18.2 Å². The average Bonchev–Trinajstić information content (AvgIpc) is 2.30. The van der Waals surface area contributed by atoms with Crippen molar-refractivity contribution < 1.29 is 14.3 Å². The molecule has 0 saturated carbocycles. The van der Waals surface area contributed by atoms with E-state index in [9.17, 15) is 9.18 Å². The maximum atomic E-state index is 13.7. The van der Waals surface area contributed by atoms with Crippen LogP contribution in [-0.4, -0.2) is 16.8 Å². The molecule has 1 aromatic carbocycles. The standard InChI is InChI=1S/C13H17FO2S/c1-3-9(2)7-17-8-10-5-4-6-11(12(10)14)13(15)16/h4-6,9H,3,7-8H2,1-2H3,(H,15,16). The van der Waals surface area contributed by atoms with Crippen molar-refractivity contribution in [2.45, 2.75) is 26.0 Å². The van der Waals surface area contributed by atoms with Gasteiger partial charge in [0.25, 0.3) is 0 Å². The molecule has 0 heterocycles. The zero-order chi connectivity index (χ0) is 12.8. The van der Waals surface area contributed by atoms with Crippen LogP contribution >= 0.6 is 11.8 Å². The van der Waals surface area contributed by atoms with Gasteiger partial charge < -0.3 is 5.11 Å². The predicted octanol–water partition coefficient (Wildman–Crippen LogP) is 3.80. The van der Waals surface area contributed by atoms with E-state index in [1.54, 1.807) is 23.9 Å². The van der Waals surface area contributed by atoms with Gasteiger partial charge in [0.1, 0.15) is 5.82 Å². The minimum absolute atomic E-state index is 0.244. The van der Waals surface area contributed by atoms with Crippen molar-refractivity contribution in [1.29, 1.82) is 0 Å². The third-order valence-electron chi connectivity index (χ3n) is 2.67. The van der Waals surface area contributed by atoms with Crippen LogP contribution in [0.5, 0.6) is 0 Å². The summed E-state index contributed by atoms with van der Waals surface area (Å²) in [6.45, 7) is 4.27. The third-order valence-corrected chi connectivity index (χ3v) is 3.99. The number of hydrogen-bond acceptors (Lipinski definition) is 2. The first-order valence-electron chi connectivity index (χ1n) is 5.64. The Morgan fingerprint density at radius 2 is 2.24 bits per heavy atom. The average molecular weight is 256 g/mol. The molecule has 0 aliphatic carbocycles. The molecule has 0 fully saturated rings. The van der Waals surface area contributed by atoms with Gasteiger partial charge >= 0.3 is 5.97 Å². The van der Waals surface area contributed by atoms with Gasteiger partial charge in [-0.05, 0) is 23.3 Å². The Bertz CT molecular complexity index is 393. The molecule has 1 N–H and O–H groups in total. The minimum Gasteiger partial charge on any atom is -0.478 e. The Hall–Kier alpha value is -1.03. The fourth-order valence-electron chi connectivity index (χ4n) is 1.34. The van der Waals surface area contributed by atoms with Gasteiger partial charge in [0.15, 0.2) is 0 Å². The Morgan fingerprint density at radius 1 is 1.53 bits per heavy atom. The van der Waals surface area contributed by atoms with Gasteiger partial charge in [-0.25, -0.2) is 9.18 Å². The summed E-state index contributed by atoms with van der Waals surface area (Å²) in [6, 6.07) is 4.53. The van der Waals surface area contributed by atoms with Crippen LogP contribution in [0.1, 0.15) is 36.2 Å². The maximum Gasteiger partial charge on any atom is 0.338 e. The molecule has 0 radical (unpaired) electrons. The molecule has 0 aliphatic heterocycles. The lowest BCUT2D eigenvalue weighted by molar-refractivity contribution is 0.0691. The van der Waals surface area contributed by atoms with E-state index in [4.69, 9.17) is 5.11 Å². The molecule has 1 atom stereocenters. The predicted molar refractivity (Wildman–Crippen MR) is 69.0 cm³/mol. The molecule has 4 heteroatoms. The molecule has 94 valence electrons. The lowest BCUT2D eigenvalue weighted by atomic mass is 10.1. The summed E-state index contributed by atoms with van der Waals surface area (Å²) >= 11 is 1.64. The van der Waals surface area contributed by atoms with Crippen LogP contribution in [0.25, 0.3) is 0 Å². The van der Waals surface area contributed by atoms with Crippen LogP contribution in [0.4, 0.5) is 4.39 Å². The number of thioether (sulfide) groups is 1. The molecule has 0 amide bonds. The van der Waals surface area contributed by atoms with E-state index in [-0.39, 0.29) is 5.56 Å². The van der Waals surface area contributed by atoms with Crippen LogP contribution in [-0.2, 0) is 5.75 Å². The quantitative estimate of drug-likeness (QED) is 0.841. The highest BCUT2D eigenvalue weighted by Gasteiger charge is 2.13. The number of aromatic carboxylic acids is 1. The zero-order valence-corrected chi connectivity index (χ0v) is 10.9. The lowest BCUT2D eigenvalue weighted by Gasteiger charge is -2.09. The molecule has 1 rings (SSSR count). The number of rotatable bonds is 6. The summed E-state index contributed by atoms with van der Waals surface area (Å²) in [4.78, 5) is 10.8. The van der Waals surface area contributed by atoms with Crippen molar-refractivity contribution >= 4 is 17.7 Å². The van der Waals surface area contributed by atoms with Gasteiger partial charge in [0.2, 0.25) is 0 Å². The second kappa shape index (κ2) is 6.64.